The molecule has 6 rings (SSSR count). The lowest BCUT2D eigenvalue weighted by Gasteiger charge is -2.62. The summed E-state index contributed by atoms with van der Waals surface area (Å²) in [6.45, 7) is 1.50. The fourth-order valence-electron chi connectivity index (χ4n) is 8.84. The summed E-state index contributed by atoms with van der Waals surface area (Å²) in [5.41, 5.74) is -0.411. The molecular weight excluding hydrogens is 228 g/mol. The normalized spacial score (nSPS) is 78.2. The van der Waals surface area contributed by atoms with Crippen molar-refractivity contribution < 1.29 is 14.6 Å². The summed E-state index contributed by atoms with van der Waals surface area (Å²) in [5.74, 6) is 6.20. The Labute approximate surface area is 106 Å². The van der Waals surface area contributed by atoms with E-state index in [9.17, 15) is 5.11 Å². The molecule has 1 heterocycles. The van der Waals surface area contributed by atoms with Gasteiger partial charge in [0.05, 0.1) is 18.8 Å². The first kappa shape index (κ1) is 8.93. The molecule has 0 aromatic carbocycles. The Hall–Kier alpha value is -0.120. The van der Waals surface area contributed by atoms with E-state index in [0.29, 0.717) is 17.8 Å². The topological polar surface area (TPSA) is 38.7 Å². The van der Waals surface area contributed by atoms with Crippen molar-refractivity contribution in [3.8, 4) is 0 Å². The van der Waals surface area contributed by atoms with Crippen molar-refractivity contribution in [3.05, 3.63) is 0 Å². The Morgan fingerprint density at radius 2 is 1.67 bits per heavy atom. The largest absolute Gasteiger partial charge is 0.389 e. The minimum Gasteiger partial charge on any atom is -0.389 e. The minimum absolute atomic E-state index is 0.329. The monoisotopic (exact) mass is 246 g/mol. The highest BCUT2D eigenvalue weighted by atomic mass is 16.7. The number of fused-ring (bicyclic) bond motifs is 16. The van der Waals surface area contributed by atoms with Crippen LogP contribution in [0.5, 0.6) is 0 Å². The maximum Gasteiger partial charge on any atom is 0.177 e. The molecule has 0 amide bonds. The van der Waals surface area contributed by atoms with Gasteiger partial charge in [0.15, 0.2) is 5.79 Å². The molecule has 96 valence electrons. The van der Waals surface area contributed by atoms with Crippen LogP contribution in [0.4, 0.5) is 0 Å². The highest BCUT2D eigenvalue weighted by Gasteiger charge is 2.92. The van der Waals surface area contributed by atoms with Crippen molar-refractivity contribution in [2.45, 2.75) is 24.2 Å². The van der Waals surface area contributed by atoms with Gasteiger partial charge in [-0.25, -0.2) is 0 Å². The Balaban J connectivity index is 1.59. The van der Waals surface area contributed by atoms with Crippen LogP contribution in [0.25, 0.3) is 0 Å². The molecular formula is C15H18O3. The van der Waals surface area contributed by atoms with Crippen LogP contribution < -0.4 is 0 Å². The van der Waals surface area contributed by atoms with Gasteiger partial charge in [-0.1, -0.05) is 0 Å². The predicted octanol–water partition coefficient (Wildman–Crippen LogP) is 0.868. The zero-order valence-electron chi connectivity index (χ0n) is 10.3. The van der Waals surface area contributed by atoms with Crippen molar-refractivity contribution in [2.75, 3.05) is 13.2 Å². The Morgan fingerprint density at radius 1 is 0.889 bits per heavy atom. The van der Waals surface area contributed by atoms with Crippen molar-refractivity contribution in [2.24, 2.45) is 53.3 Å². The lowest BCUT2D eigenvalue weighted by molar-refractivity contribution is -0.292. The molecule has 1 aliphatic heterocycles. The van der Waals surface area contributed by atoms with Crippen molar-refractivity contribution in [1.82, 2.24) is 0 Å². The van der Waals surface area contributed by atoms with Gasteiger partial charge in [-0.3, -0.25) is 0 Å². The average molecular weight is 246 g/mol. The molecule has 6 aliphatic rings. The van der Waals surface area contributed by atoms with E-state index in [0.717, 1.165) is 55.1 Å². The maximum atomic E-state index is 11.4. The number of hydrogen-bond acceptors (Lipinski definition) is 3. The fraction of sp³-hybridized carbons (Fsp3) is 1.00. The van der Waals surface area contributed by atoms with E-state index in [1.165, 1.54) is 6.42 Å². The Bertz CT molecular complexity index is 498. The maximum absolute atomic E-state index is 11.4. The summed E-state index contributed by atoms with van der Waals surface area (Å²) < 4.78 is 12.4. The summed E-state index contributed by atoms with van der Waals surface area (Å²) in [4.78, 5) is 0. The fourth-order valence-corrected chi connectivity index (χ4v) is 8.84. The molecule has 1 N–H and O–H groups in total. The SMILES string of the molecule is O[C@@]12C[C@@H]3[C@@H]4[C@@H]5C[C@@H]6[C@H]4[C@H]3[C@H]1C1(OCCO1)[C@H]6[C@@H]52. The van der Waals surface area contributed by atoms with Crippen molar-refractivity contribution >= 4 is 0 Å². The molecule has 3 nitrogen and oxygen atoms in total. The van der Waals surface area contributed by atoms with Crippen LogP contribution >= 0.6 is 0 Å². The molecule has 2 bridgehead atoms. The third-order valence-corrected chi connectivity index (χ3v) is 8.42. The highest BCUT2D eigenvalue weighted by molar-refractivity contribution is 5.38. The summed E-state index contributed by atoms with van der Waals surface area (Å²) in [6, 6.07) is 0. The zero-order valence-corrected chi connectivity index (χ0v) is 10.3. The van der Waals surface area contributed by atoms with Gasteiger partial charge in [-0.2, -0.15) is 0 Å². The Kier molecular flexibility index (Phi) is 1.05. The minimum atomic E-state index is -0.411. The second-order valence-corrected chi connectivity index (χ2v) is 8.10. The zero-order chi connectivity index (χ0) is 11.4. The van der Waals surface area contributed by atoms with E-state index in [1.807, 2.05) is 0 Å². The van der Waals surface area contributed by atoms with E-state index >= 15 is 0 Å². The molecule has 0 unspecified atom stereocenters. The Morgan fingerprint density at radius 3 is 2.50 bits per heavy atom. The van der Waals surface area contributed by atoms with Crippen LogP contribution in [0, 0.1) is 53.3 Å². The van der Waals surface area contributed by atoms with E-state index < -0.39 is 5.60 Å². The van der Waals surface area contributed by atoms with Crippen LogP contribution in [-0.4, -0.2) is 29.7 Å². The van der Waals surface area contributed by atoms with Crippen LogP contribution in [0.1, 0.15) is 12.8 Å². The lowest BCUT2D eigenvalue weighted by Crippen LogP contribution is -2.63. The second kappa shape index (κ2) is 2.11. The number of hydrogen-bond donors (Lipinski definition) is 1. The van der Waals surface area contributed by atoms with Crippen LogP contribution in [0.15, 0.2) is 0 Å². The highest BCUT2D eigenvalue weighted by Crippen LogP contribution is 2.89. The van der Waals surface area contributed by atoms with E-state index in [4.69, 9.17) is 9.47 Å². The van der Waals surface area contributed by atoms with Crippen molar-refractivity contribution in [3.63, 3.8) is 0 Å². The molecule has 18 heavy (non-hydrogen) atoms. The molecule has 0 aromatic heterocycles. The lowest BCUT2D eigenvalue weighted by atomic mass is 9.44. The van der Waals surface area contributed by atoms with Gasteiger partial charge in [0.2, 0.25) is 0 Å². The molecule has 10 atom stereocenters. The van der Waals surface area contributed by atoms with E-state index in [2.05, 4.69) is 0 Å². The predicted molar refractivity (Wildman–Crippen MR) is 60.2 cm³/mol. The molecule has 0 aromatic rings. The quantitative estimate of drug-likeness (QED) is 0.645. The molecule has 6 fully saturated rings. The molecule has 1 spiro atoms. The standard InChI is InChI=1S/C15H18O3/c16-14-4-7-8-5-3-6-9(8)10(7)13(14)15(12(6)11(5)14)17-1-2-18-15/h5-13,16H,1-4H2/t5-,6+,7+,8-,9+,10-,11+,12+,13+,14+/m0/s1. The smallest absolute Gasteiger partial charge is 0.177 e. The van der Waals surface area contributed by atoms with Gasteiger partial charge >= 0.3 is 0 Å². The molecule has 1 saturated heterocycles. The first-order valence-corrected chi connectivity index (χ1v) is 7.78. The van der Waals surface area contributed by atoms with Gasteiger partial charge in [0.25, 0.3) is 0 Å². The van der Waals surface area contributed by atoms with Gasteiger partial charge < -0.3 is 14.6 Å². The van der Waals surface area contributed by atoms with E-state index in [-0.39, 0.29) is 5.79 Å². The van der Waals surface area contributed by atoms with Gasteiger partial charge in [0.1, 0.15) is 0 Å². The second-order valence-electron chi connectivity index (χ2n) is 8.10. The molecule has 3 heteroatoms. The molecule has 0 radical (unpaired) electrons. The number of ether oxygens (including phenoxy) is 2. The molecule has 5 aliphatic carbocycles. The van der Waals surface area contributed by atoms with Gasteiger partial charge in [-0.15, -0.1) is 0 Å². The number of rotatable bonds is 0. The average Bonchev–Trinajstić information content (AvgIpc) is 3.03. The first-order valence-electron chi connectivity index (χ1n) is 7.78. The number of aliphatic hydroxyl groups is 1. The van der Waals surface area contributed by atoms with Gasteiger partial charge in [-0.05, 0) is 54.3 Å². The summed E-state index contributed by atoms with van der Waals surface area (Å²) in [6.07, 6.45) is 2.45. The van der Waals surface area contributed by atoms with Crippen LogP contribution in [-0.2, 0) is 9.47 Å². The van der Waals surface area contributed by atoms with Gasteiger partial charge in [0, 0.05) is 11.8 Å². The third-order valence-electron chi connectivity index (χ3n) is 8.42. The van der Waals surface area contributed by atoms with E-state index in [1.54, 1.807) is 0 Å². The molecule has 5 saturated carbocycles. The summed E-state index contributed by atoms with van der Waals surface area (Å²) >= 11 is 0. The van der Waals surface area contributed by atoms with Crippen LogP contribution in [0.3, 0.4) is 0 Å². The third kappa shape index (κ3) is 0.524. The van der Waals surface area contributed by atoms with Crippen molar-refractivity contribution in [1.29, 1.82) is 0 Å². The summed E-state index contributed by atoms with van der Waals surface area (Å²) in [7, 11) is 0. The van der Waals surface area contributed by atoms with Crippen LogP contribution in [0.2, 0.25) is 0 Å². The summed E-state index contributed by atoms with van der Waals surface area (Å²) in [5, 5.41) is 11.4. The first-order chi connectivity index (χ1) is 8.77.